The van der Waals surface area contributed by atoms with Crippen LogP contribution in [0, 0.1) is 0 Å². The number of carbonyl (C=O) groups is 2. The molecule has 1 N–H and O–H groups in total. The highest BCUT2D eigenvalue weighted by atomic mass is 16.3. The lowest BCUT2D eigenvalue weighted by molar-refractivity contribution is -0.193. The smallest absolute Gasteiger partial charge is 0.254 e. The number of aliphatic hydroxyl groups excluding tert-OH is 1. The molecular weight excluding hydrogens is 376 g/mol. The summed E-state index contributed by atoms with van der Waals surface area (Å²) < 4.78 is 0. The van der Waals surface area contributed by atoms with Gasteiger partial charge in [0.2, 0.25) is 5.91 Å². The summed E-state index contributed by atoms with van der Waals surface area (Å²) in [5.74, 6) is 0.0277. The van der Waals surface area contributed by atoms with Crippen LogP contribution in [0.3, 0.4) is 0 Å². The van der Waals surface area contributed by atoms with Crippen LogP contribution in [-0.4, -0.2) is 58.0 Å². The molecule has 0 aliphatic carbocycles. The Balaban J connectivity index is 1.62. The lowest BCUT2D eigenvalue weighted by Crippen LogP contribution is -2.85. The molecule has 2 amide bonds. The van der Waals surface area contributed by atoms with Crippen LogP contribution in [0.1, 0.15) is 47.7 Å². The molecule has 2 aromatic rings. The minimum atomic E-state index is -0.437. The van der Waals surface area contributed by atoms with E-state index in [9.17, 15) is 14.7 Å². The molecule has 156 valence electrons. The molecule has 30 heavy (non-hydrogen) atoms. The highest BCUT2D eigenvalue weighted by Gasteiger charge is 2.67. The first kappa shape index (κ1) is 20.4. The van der Waals surface area contributed by atoms with Crippen LogP contribution in [0.2, 0.25) is 0 Å². The fourth-order valence-electron chi connectivity index (χ4n) is 5.11. The van der Waals surface area contributed by atoms with Crippen LogP contribution < -0.4 is 0 Å². The number of hydrogen-bond donors (Lipinski definition) is 1. The number of benzene rings is 2. The molecule has 0 bridgehead atoms. The summed E-state index contributed by atoms with van der Waals surface area (Å²) in [6.45, 7) is 4.72. The summed E-state index contributed by atoms with van der Waals surface area (Å²) in [4.78, 5) is 29.3. The van der Waals surface area contributed by atoms with Gasteiger partial charge in [-0.15, -0.1) is 0 Å². The van der Waals surface area contributed by atoms with Gasteiger partial charge in [0.1, 0.15) is 0 Å². The van der Waals surface area contributed by atoms with Gasteiger partial charge in [-0.25, -0.2) is 0 Å². The first-order chi connectivity index (χ1) is 14.6. The number of likely N-dealkylation sites (tertiary alicyclic amines) is 2. The molecule has 0 saturated carbocycles. The van der Waals surface area contributed by atoms with E-state index in [-0.39, 0.29) is 30.4 Å². The molecule has 0 unspecified atom stereocenters. The number of rotatable bonds is 5. The van der Waals surface area contributed by atoms with Crippen molar-refractivity contribution in [2.75, 3.05) is 19.7 Å². The molecule has 0 radical (unpaired) electrons. The van der Waals surface area contributed by atoms with Gasteiger partial charge in [0, 0.05) is 31.0 Å². The number of aliphatic hydroxyl groups is 1. The van der Waals surface area contributed by atoms with E-state index in [1.54, 1.807) is 4.90 Å². The van der Waals surface area contributed by atoms with Crippen LogP contribution in [0.4, 0.5) is 0 Å². The van der Waals surface area contributed by atoms with Crippen molar-refractivity contribution in [3.8, 4) is 0 Å². The lowest BCUT2D eigenvalue weighted by atomic mass is 9.60. The van der Waals surface area contributed by atoms with Gasteiger partial charge in [-0.3, -0.25) is 9.59 Å². The number of nitrogens with zero attached hydrogens (tertiary/aromatic N) is 2. The zero-order valence-electron chi connectivity index (χ0n) is 17.5. The molecule has 4 rings (SSSR count). The third-order valence-electron chi connectivity index (χ3n) is 6.43. The Labute approximate surface area is 177 Å². The van der Waals surface area contributed by atoms with E-state index < -0.39 is 5.54 Å². The Bertz CT molecular complexity index is 946. The number of amides is 2. The number of allylic oxidation sites excluding steroid dienone is 1. The summed E-state index contributed by atoms with van der Waals surface area (Å²) in [6, 6.07) is 17.3. The minimum absolute atomic E-state index is 0.0116. The van der Waals surface area contributed by atoms with Gasteiger partial charge in [0.15, 0.2) is 0 Å². The van der Waals surface area contributed by atoms with Gasteiger partial charge in [0.05, 0.1) is 18.2 Å². The van der Waals surface area contributed by atoms with Crippen molar-refractivity contribution in [1.29, 1.82) is 0 Å². The first-order valence-electron chi connectivity index (χ1n) is 10.6. The van der Waals surface area contributed by atoms with Gasteiger partial charge in [-0.1, -0.05) is 61.5 Å². The maximum atomic E-state index is 12.9. The highest BCUT2D eigenvalue weighted by molar-refractivity contribution is 5.95. The summed E-state index contributed by atoms with van der Waals surface area (Å²) >= 11 is 0. The topological polar surface area (TPSA) is 60.9 Å². The van der Waals surface area contributed by atoms with E-state index in [1.165, 1.54) is 0 Å². The monoisotopic (exact) mass is 404 g/mol. The molecule has 2 aromatic carbocycles. The van der Waals surface area contributed by atoms with Crippen LogP contribution in [0.25, 0.3) is 6.08 Å². The summed E-state index contributed by atoms with van der Waals surface area (Å²) in [6.07, 6.45) is 4.43. The van der Waals surface area contributed by atoms with Crippen LogP contribution in [0.5, 0.6) is 0 Å². The number of carbonyl (C=O) groups excluding carboxylic acids is 2. The van der Waals surface area contributed by atoms with Crippen molar-refractivity contribution >= 4 is 17.9 Å². The van der Waals surface area contributed by atoms with Crippen molar-refractivity contribution in [3.05, 3.63) is 77.4 Å². The third kappa shape index (κ3) is 3.14. The van der Waals surface area contributed by atoms with E-state index in [0.29, 0.717) is 25.1 Å². The van der Waals surface area contributed by atoms with Gasteiger partial charge >= 0.3 is 0 Å². The van der Waals surface area contributed by atoms with Gasteiger partial charge in [-0.2, -0.15) is 0 Å². The summed E-state index contributed by atoms with van der Waals surface area (Å²) in [7, 11) is 0. The van der Waals surface area contributed by atoms with Gasteiger partial charge in [-0.05, 0) is 30.2 Å². The molecule has 1 spiro atoms. The van der Waals surface area contributed by atoms with Crippen molar-refractivity contribution in [2.24, 2.45) is 0 Å². The average Bonchev–Trinajstić information content (AvgIpc) is 2.74. The van der Waals surface area contributed by atoms with Crippen LogP contribution >= 0.6 is 0 Å². The fraction of sp³-hybridized carbons (Fsp3) is 0.360. The van der Waals surface area contributed by atoms with E-state index in [4.69, 9.17) is 0 Å². The Kier molecular flexibility index (Phi) is 5.48. The van der Waals surface area contributed by atoms with Crippen molar-refractivity contribution in [2.45, 2.75) is 37.8 Å². The van der Waals surface area contributed by atoms with Crippen LogP contribution in [-0.2, 0) is 4.79 Å². The predicted octanol–water partition coefficient (Wildman–Crippen LogP) is 3.31. The van der Waals surface area contributed by atoms with Crippen molar-refractivity contribution < 1.29 is 14.7 Å². The Morgan fingerprint density at radius 3 is 2.33 bits per heavy atom. The van der Waals surface area contributed by atoms with Crippen LogP contribution in [0.15, 0.2) is 60.7 Å². The van der Waals surface area contributed by atoms with Crippen molar-refractivity contribution in [3.63, 3.8) is 0 Å². The first-order valence-corrected chi connectivity index (χ1v) is 10.6. The Morgan fingerprint density at radius 2 is 1.77 bits per heavy atom. The molecule has 2 fully saturated rings. The number of hydrogen-bond acceptors (Lipinski definition) is 3. The molecule has 5 heteroatoms. The Morgan fingerprint density at radius 1 is 1.10 bits per heavy atom. The van der Waals surface area contributed by atoms with Crippen molar-refractivity contribution in [1.82, 2.24) is 9.80 Å². The second-order valence-corrected chi connectivity index (χ2v) is 8.14. The quantitative estimate of drug-likeness (QED) is 0.832. The van der Waals surface area contributed by atoms with Gasteiger partial charge in [0.25, 0.3) is 5.91 Å². The summed E-state index contributed by atoms with van der Waals surface area (Å²) in [5, 5.41) is 10.1. The highest BCUT2D eigenvalue weighted by Crippen LogP contribution is 2.54. The molecule has 5 nitrogen and oxygen atoms in total. The van der Waals surface area contributed by atoms with E-state index in [2.05, 4.69) is 24.3 Å². The molecule has 0 aromatic heterocycles. The molecule has 2 atom stereocenters. The largest absolute Gasteiger partial charge is 0.394 e. The Hall–Kier alpha value is -2.92. The van der Waals surface area contributed by atoms with E-state index in [0.717, 1.165) is 11.1 Å². The third-order valence-corrected chi connectivity index (χ3v) is 6.43. The molecule has 2 heterocycles. The van der Waals surface area contributed by atoms with E-state index >= 15 is 0 Å². The normalized spacial score (nSPS) is 22.1. The maximum absolute atomic E-state index is 12.9. The maximum Gasteiger partial charge on any atom is 0.254 e. The zero-order chi connectivity index (χ0) is 21.3. The molecule has 2 aliphatic heterocycles. The van der Waals surface area contributed by atoms with E-state index in [1.807, 2.05) is 61.2 Å². The fourth-order valence-corrected chi connectivity index (χ4v) is 5.11. The second-order valence-electron chi connectivity index (χ2n) is 8.14. The van der Waals surface area contributed by atoms with Gasteiger partial charge < -0.3 is 14.9 Å². The lowest BCUT2D eigenvalue weighted by Gasteiger charge is -2.70. The zero-order valence-corrected chi connectivity index (χ0v) is 17.5. The molecule has 2 saturated heterocycles. The average molecular weight is 405 g/mol. The minimum Gasteiger partial charge on any atom is -0.394 e. The standard InChI is InChI=1S/C25H28N2O3/c1-3-8-18-11-13-19(14-12-18)23-21(15-28)27(22(29)4-2)25(23)16-26(17-25)24(30)20-9-6-5-7-10-20/h3,5-14,21,23,28H,4,15-17H2,1-2H3/t21-,23+/m0/s1. The SMILES string of the molecule is CC=Cc1ccc([C@@H]2[C@H](CO)N(C(=O)CC)C23CN(C(=O)c2ccccc2)C3)cc1. The molecular formula is C25H28N2O3. The molecule has 2 aliphatic rings. The predicted molar refractivity (Wildman–Crippen MR) is 117 cm³/mol. The summed E-state index contributed by atoms with van der Waals surface area (Å²) in [5.41, 5.74) is 2.44. The second kappa shape index (κ2) is 8.07.